The Morgan fingerprint density at radius 2 is 2.35 bits per heavy atom. The summed E-state index contributed by atoms with van der Waals surface area (Å²) in [6, 6.07) is 4.23. The van der Waals surface area contributed by atoms with E-state index in [1.54, 1.807) is 29.7 Å². The second kappa shape index (κ2) is 4.17. The molecule has 17 heavy (non-hydrogen) atoms. The molecule has 3 rings (SSSR count). The van der Waals surface area contributed by atoms with Gasteiger partial charge in [-0.05, 0) is 22.7 Å². The van der Waals surface area contributed by atoms with Crippen molar-refractivity contribution in [2.24, 2.45) is 12.8 Å². The molecule has 1 atom stereocenters. The lowest BCUT2D eigenvalue weighted by molar-refractivity contribution is 0.623. The summed E-state index contributed by atoms with van der Waals surface area (Å²) in [5.41, 5.74) is 6.16. The minimum absolute atomic E-state index is 0.0520. The average molecular weight is 265 g/mol. The second-order valence-electron chi connectivity index (χ2n) is 3.80. The van der Waals surface area contributed by atoms with Gasteiger partial charge in [0.05, 0.1) is 7.05 Å². The summed E-state index contributed by atoms with van der Waals surface area (Å²) in [5, 5.41) is 14.0. The van der Waals surface area contributed by atoms with Gasteiger partial charge in [0, 0.05) is 26.7 Å². The summed E-state index contributed by atoms with van der Waals surface area (Å²) in [6.07, 6.45) is 0.627. The zero-order valence-electron chi connectivity index (χ0n) is 9.20. The molecule has 0 saturated carbocycles. The highest BCUT2D eigenvalue weighted by molar-refractivity contribution is 7.26. The Morgan fingerprint density at radius 3 is 3.06 bits per heavy atom. The number of aryl methyl sites for hydroxylation is 1. The molecule has 0 aliphatic rings. The number of hydrogen-bond acceptors (Lipinski definition) is 6. The highest BCUT2D eigenvalue weighted by atomic mass is 32.1. The molecule has 3 aromatic heterocycles. The first-order chi connectivity index (χ1) is 8.22. The fourth-order valence-electron chi connectivity index (χ4n) is 1.67. The van der Waals surface area contributed by atoms with E-state index in [-0.39, 0.29) is 6.04 Å². The van der Waals surface area contributed by atoms with E-state index >= 15 is 0 Å². The Morgan fingerprint density at radius 1 is 1.47 bits per heavy atom. The van der Waals surface area contributed by atoms with Gasteiger partial charge in [0.2, 0.25) is 0 Å². The van der Waals surface area contributed by atoms with Gasteiger partial charge in [0.15, 0.2) is 5.82 Å². The summed E-state index contributed by atoms with van der Waals surface area (Å²) in [7, 11) is 1.75. The van der Waals surface area contributed by atoms with Gasteiger partial charge in [0.25, 0.3) is 0 Å². The van der Waals surface area contributed by atoms with Crippen LogP contribution in [0.15, 0.2) is 17.5 Å². The van der Waals surface area contributed by atoms with Gasteiger partial charge < -0.3 is 5.73 Å². The lowest BCUT2D eigenvalue weighted by Gasteiger charge is -2.05. The van der Waals surface area contributed by atoms with E-state index in [2.05, 4.69) is 32.9 Å². The largest absolute Gasteiger partial charge is 0.323 e. The van der Waals surface area contributed by atoms with Crippen molar-refractivity contribution in [2.75, 3.05) is 0 Å². The van der Waals surface area contributed by atoms with Crippen LogP contribution in [0.4, 0.5) is 0 Å². The van der Waals surface area contributed by atoms with Gasteiger partial charge in [0.1, 0.15) is 0 Å². The Hall–Kier alpha value is -1.31. The van der Waals surface area contributed by atoms with Crippen LogP contribution in [0.25, 0.3) is 9.40 Å². The Labute approximate surface area is 106 Å². The number of nitrogens with two attached hydrogens (primary N) is 1. The maximum Gasteiger partial charge on any atom is 0.176 e. The van der Waals surface area contributed by atoms with E-state index < -0.39 is 0 Å². The van der Waals surface area contributed by atoms with E-state index in [0.29, 0.717) is 12.2 Å². The lowest BCUT2D eigenvalue weighted by Crippen LogP contribution is -2.12. The summed E-state index contributed by atoms with van der Waals surface area (Å²) >= 11 is 3.48. The average Bonchev–Trinajstić information content (AvgIpc) is 2.92. The molecule has 88 valence electrons. The van der Waals surface area contributed by atoms with Crippen LogP contribution < -0.4 is 5.73 Å². The summed E-state index contributed by atoms with van der Waals surface area (Å²) in [4.78, 5) is 2.63. The number of tetrazole rings is 1. The van der Waals surface area contributed by atoms with Crippen molar-refractivity contribution in [1.82, 2.24) is 20.2 Å². The van der Waals surface area contributed by atoms with Gasteiger partial charge in [-0.25, -0.2) is 0 Å². The molecule has 5 nitrogen and oxygen atoms in total. The minimum Gasteiger partial charge on any atom is -0.323 e. The van der Waals surface area contributed by atoms with Crippen molar-refractivity contribution in [1.29, 1.82) is 0 Å². The van der Waals surface area contributed by atoms with Gasteiger partial charge in [-0.1, -0.05) is 0 Å². The Bertz CT molecular complexity index is 609. The van der Waals surface area contributed by atoms with Crippen LogP contribution in [0.3, 0.4) is 0 Å². The molecular formula is C10H11N5S2. The first-order valence-electron chi connectivity index (χ1n) is 5.18. The molecule has 0 fully saturated rings. The first-order valence-corrected chi connectivity index (χ1v) is 6.87. The number of rotatable bonds is 3. The molecule has 0 aliphatic heterocycles. The smallest absolute Gasteiger partial charge is 0.176 e. The van der Waals surface area contributed by atoms with E-state index in [9.17, 15) is 0 Å². The van der Waals surface area contributed by atoms with Crippen LogP contribution in [-0.4, -0.2) is 20.2 Å². The van der Waals surface area contributed by atoms with Crippen LogP contribution in [0.5, 0.6) is 0 Å². The number of hydrogen-bond donors (Lipinski definition) is 1. The van der Waals surface area contributed by atoms with Crippen molar-refractivity contribution in [3.05, 3.63) is 28.2 Å². The molecule has 7 heteroatoms. The van der Waals surface area contributed by atoms with Crippen molar-refractivity contribution in [3.8, 4) is 0 Å². The molecular weight excluding hydrogens is 254 g/mol. The molecule has 0 spiro atoms. The van der Waals surface area contributed by atoms with Crippen LogP contribution in [0.2, 0.25) is 0 Å². The highest BCUT2D eigenvalue weighted by Crippen LogP contribution is 2.33. The van der Waals surface area contributed by atoms with E-state index in [1.165, 1.54) is 19.1 Å². The SMILES string of the molecule is Cn1nnc(CC(N)c2cc3sccc3s2)n1. The summed E-state index contributed by atoms with van der Waals surface area (Å²) in [6.45, 7) is 0. The first kappa shape index (κ1) is 10.8. The third-order valence-electron chi connectivity index (χ3n) is 2.48. The van der Waals surface area contributed by atoms with Crippen molar-refractivity contribution >= 4 is 32.1 Å². The zero-order chi connectivity index (χ0) is 11.8. The summed E-state index contributed by atoms with van der Waals surface area (Å²) in [5.74, 6) is 0.691. The van der Waals surface area contributed by atoms with Gasteiger partial charge in [-0.15, -0.1) is 32.9 Å². The van der Waals surface area contributed by atoms with Crippen molar-refractivity contribution in [2.45, 2.75) is 12.5 Å². The molecule has 1 unspecified atom stereocenters. The normalized spacial score (nSPS) is 13.3. The maximum absolute atomic E-state index is 6.16. The number of fused-ring (bicyclic) bond motifs is 1. The van der Waals surface area contributed by atoms with Crippen LogP contribution in [-0.2, 0) is 13.5 Å². The highest BCUT2D eigenvalue weighted by Gasteiger charge is 2.14. The number of nitrogens with zero attached hydrogens (tertiary/aromatic N) is 4. The van der Waals surface area contributed by atoms with Gasteiger partial charge in [-0.3, -0.25) is 0 Å². The summed E-state index contributed by atoms with van der Waals surface area (Å²) < 4.78 is 2.60. The molecule has 0 bridgehead atoms. The van der Waals surface area contributed by atoms with Gasteiger partial charge >= 0.3 is 0 Å². The van der Waals surface area contributed by atoms with E-state index in [1.807, 2.05) is 0 Å². The second-order valence-corrected chi connectivity index (χ2v) is 5.87. The third-order valence-corrected chi connectivity index (χ3v) is 4.70. The Balaban J connectivity index is 1.82. The van der Waals surface area contributed by atoms with Crippen LogP contribution >= 0.6 is 22.7 Å². The molecule has 0 aromatic carbocycles. The van der Waals surface area contributed by atoms with Gasteiger partial charge in [-0.2, -0.15) is 4.80 Å². The fourth-order valence-corrected chi connectivity index (χ4v) is 3.79. The molecule has 0 radical (unpaired) electrons. The fraction of sp³-hybridized carbons (Fsp3) is 0.300. The topological polar surface area (TPSA) is 69.6 Å². The molecule has 3 aromatic rings. The molecule has 0 aliphatic carbocycles. The minimum atomic E-state index is -0.0520. The molecule has 0 amide bonds. The Kier molecular flexibility index (Phi) is 2.65. The number of thiophene rings is 2. The zero-order valence-corrected chi connectivity index (χ0v) is 10.8. The van der Waals surface area contributed by atoms with E-state index in [0.717, 1.165) is 0 Å². The molecule has 3 heterocycles. The predicted molar refractivity (Wildman–Crippen MR) is 69.1 cm³/mol. The molecule has 0 saturated heterocycles. The standard InChI is InChI=1S/C10H11N5S2/c1-15-13-10(12-14-15)4-6(11)8-5-9-7(17-8)2-3-16-9/h2-3,5-6H,4,11H2,1H3. The number of aromatic nitrogens is 4. The van der Waals surface area contributed by atoms with E-state index in [4.69, 9.17) is 5.73 Å². The molecule has 2 N–H and O–H groups in total. The van der Waals surface area contributed by atoms with Crippen molar-refractivity contribution in [3.63, 3.8) is 0 Å². The third kappa shape index (κ3) is 2.08. The quantitative estimate of drug-likeness (QED) is 0.783. The maximum atomic E-state index is 6.16. The van der Waals surface area contributed by atoms with Crippen LogP contribution in [0, 0.1) is 0 Å². The predicted octanol–water partition coefficient (Wildman–Crippen LogP) is 1.73. The monoisotopic (exact) mass is 265 g/mol. The lowest BCUT2D eigenvalue weighted by atomic mass is 10.2. The van der Waals surface area contributed by atoms with Crippen LogP contribution in [0.1, 0.15) is 16.7 Å². The van der Waals surface area contributed by atoms with Crippen molar-refractivity contribution < 1.29 is 0 Å².